The van der Waals surface area contributed by atoms with Gasteiger partial charge >= 0.3 is 12.1 Å². The summed E-state index contributed by atoms with van der Waals surface area (Å²) in [6, 6.07) is 0. The molecule has 1 fully saturated rings. The van der Waals surface area contributed by atoms with Crippen LogP contribution in [-0.4, -0.2) is 23.8 Å². The van der Waals surface area contributed by atoms with Crippen LogP contribution in [0.2, 0.25) is 0 Å². The number of carboxylic acid groups (broad SMARTS) is 1. The summed E-state index contributed by atoms with van der Waals surface area (Å²) < 4.78 is 38.9. The highest BCUT2D eigenvalue weighted by Crippen LogP contribution is 2.49. The Balaban J connectivity index is 3.06. The van der Waals surface area contributed by atoms with Crippen molar-refractivity contribution in [2.24, 2.45) is 17.1 Å². The summed E-state index contributed by atoms with van der Waals surface area (Å²) in [7, 11) is 0. The third-order valence-electron chi connectivity index (χ3n) is 3.51. The maximum atomic E-state index is 13.0. The maximum absolute atomic E-state index is 13.0. The van der Waals surface area contributed by atoms with Crippen molar-refractivity contribution in [2.75, 3.05) is 6.54 Å². The molecule has 16 heavy (non-hydrogen) atoms. The summed E-state index contributed by atoms with van der Waals surface area (Å²) in [4.78, 5) is 11.0. The fourth-order valence-corrected chi connectivity index (χ4v) is 2.49. The van der Waals surface area contributed by atoms with Gasteiger partial charge in [-0.05, 0) is 18.8 Å². The van der Waals surface area contributed by atoms with Crippen molar-refractivity contribution in [1.29, 1.82) is 0 Å². The lowest BCUT2D eigenvalue weighted by Gasteiger charge is -2.39. The van der Waals surface area contributed by atoms with Crippen LogP contribution in [0.1, 0.15) is 32.1 Å². The molecule has 0 radical (unpaired) electrons. The summed E-state index contributed by atoms with van der Waals surface area (Å²) >= 11 is 0. The number of alkyl halides is 3. The average Bonchev–Trinajstić information content (AvgIpc) is 2.18. The van der Waals surface area contributed by atoms with E-state index in [0.29, 0.717) is 25.7 Å². The van der Waals surface area contributed by atoms with Gasteiger partial charge in [0.05, 0.1) is 0 Å². The molecule has 0 aromatic heterocycles. The molecule has 6 heteroatoms. The van der Waals surface area contributed by atoms with Crippen molar-refractivity contribution in [3.8, 4) is 0 Å². The quantitative estimate of drug-likeness (QED) is 0.793. The van der Waals surface area contributed by atoms with Crippen LogP contribution in [0, 0.1) is 11.3 Å². The summed E-state index contributed by atoms with van der Waals surface area (Å²) in [5.74, 6) is -2.72. The second kappa shape index (κ2) is 4.61. The molecule has 94 valence electrons. The first-order valence-corrected chi connectivity index (χ1v) is 5.36. The van der Waals surface area contributed by atoms with Crippen molar-refractivity contribution < 1.29 is 23.1 Å². The number of rotatable bonds is 3. The van der Waals surface area contributed by atoms with Crippen molar-refractivity contribution in [3.05, 3.63) is 0 Å². The first kappa shape index (κ1) is 13.3. The summed E-state index contributed by atoms with van der Waals surface area (Å²) in [5.41, 5.74) is 2.37. The number of hydrogen-bond donors (Lipinski definition) is 2. The molecule has 0 aromatic carbocycles. The Morgan fingerprint density at radius 3 is 2.06 bits per heavy atom. The van der Waals surface area contributed by atoms with E-state index in [1.165, 1.54) is 0 Å². The molecule has 1 atom stereocenters. The lowest BCUT2D eigenvalue weighted by Crippen LogP contribution is -2.55. The van der Waals surface area contributed by atoms with Gasteiger partial charge in [0.2, 0.25) is 0 Å². The topological polar surface area (TPSA) is 63.3 Å². The highest BCUT2D eigenvalue weighted by molar-refractivity contribution is 5.76. The lowest BCUT2D eigenvalue weighted by atomic mass is 9.68. The van der Waals surface area contributed by atoms with Crippen LogP contribution in [-0.2, 0) is 4.79 Å². The monoisotopic (exact) mass is 239 g/mol. The molecule has 3 N–H and O–H groups in total. The van der Waals surface area contributed by atoms with Gasteiger partial charge in [0.25, 0.3) is 0 Å². The summed E-state index contributed by atoms with van der Waals surface area (Å²) in [6.45, 7) is -0.878. The number of carbonyl (C=O) groups is 1. The van der Waals surface area contributed by atoms with Gasteiger partial charge in [-0.25, -0.2) is 0 Å². The minimum absolute atomic E-state index is 0.295. The van der Waals surface area contributed by atoms with Gasteiger partial charge < -0.3 is 10.8 Å². The molecule has 1 aliphatic rings. The summed E-state index contributed by atoms with van der Waals surface area (Å²) in [5, 5.41) is 8.91. The third kappa shape index (κ3) is 2.03. The zero-order valence-corrected chi connectivity index (χ0v) is 8.89. The summed E-state index contributed by atoms with van der Waals surface area (Å²) in [6.07, 6.45) is -2.03. The molecule has 0 aromatic rings. The van der Waals surface area contributed by atoms with Crippen LogP contribution in [0.3, 0.4) is 0 Å². The number of nitrogens with two attached hydrogens (primary N) is 1. The van der Waals surface area contributed by atoms with E-state index >= 15 is 0 Å². The Bertz CT molecular complexity index is 261. The molecule has 0 aliphatic heterocycles. The Morgan fingerprint density at radius 1 is 1.25 bits per heavy atom. The molecule has 1 aliphatic carbocycles. The van der Waals surface area contributed by atoms with E-state index in [1.807, 2.05) is 0 Å². The normalized spacial score (nSPS) is 22.8. The first-order chi connectivity index (χ1) is 7.36. The van der Waals surface area contributed by atoms with Gasteiger partial charge in [-0.1, -0.05) is 19.3 Å². The molecule has 1 saturated carbocycles. The SMILES string of the molecule is NCC(C(=O)O)(C1CCCCC1)C(F)(F)F. The number of aliphatic carboxylic acids is 1. The lowest BCUT2D eigenvalue weighted by molar-refractivity contribution is -0.246. The van der Waals surface area contributed by atoms with Crippen LogP contribution in [0.4, 0.5) is 13.2 Å². The van der Waals surface area contributed by atoms with Gasteiger partial charge in [-0.15, -0.1) is 0 Å². The largest absolute Gasteiger partial charge is 0.481 e. The smallest absolute Gasteiger partial charge is 0.406 e. The van der Waals surface area contributed by atoms with Gasteiger partial charge in [0, 0.05) is 6.54 Å². The van der Waals surface area contributed by atoms with E-state index in [-0.39, 0.29) is 0 Å². The zero-order valence-electron chi connectivity index (χ0n) is 8.89. The van der Waals surface area contributed by atoms with Crippen molar-refractivity contribution in [2.45, 2.75) is 38.3 Å². The van der Waals surface area contributed by atoms with E-state index < -0.39 is 30.0 Å². The predicted octanol–water partition coefficient (Wildman–Crippen LogP) is 2.16. The van der Waals surface area contributed by atoms with Crippen molar-refractivity contribution in [3.63, 3.8) is 0 Å². The molecule has 0 bridgehead atoms. The van der Waals surface area contributed by atoms with Gasteiger partial charge in [-0.3, -0.25) is 4.79 Å². The minimum atomic E-state index is -4.78. The Hall–Kier alpha value is -0.780. The third-order valence-corrected chi connectivity index (χ3v) is 3.51. The fourth-order valence-electron chi connectivity index (χ4n) is 2.49. The second-order valence-electron chi connectivity index (χ2n) is 4.31. The van der Waals surface area contributed by atoms with Crippen LogP contribution >= 0.6 is 0 Å². The maximum Gasteiger partial charge on any atom is 0.406 e. The second-order valence-corrected chi connectivity index (χ2v) is 4.31. The predicted molar refractivity (Wildman–Crippen MR) is 51.8 cm³/mol. The van der Waals surface area contributed by atoms with E-state index in [0.717, 1.165) is 6.42 Å². The van der Waals surface area contributed by atoms with Crippen LogP contribution in [0.25, 0.3) is 0 Å². The van der Waals surface area contributed by atoms with Gasteiger partial charge in [0.15, 0.2) is 5.41 Å². The van der Waals surface area contributed by atoms with Crippen molar-refractivity contribution in [1.82, 2.24) is 0 Å². The van der Waals surface area contributed by atoms with E-state index in [4.69, 9.17) is 10.8 Å². The number of halogens is 3. The Labute approximate surface area is 91.8 Å². The zero-order chi connectivity index (χ0) is 12.4. The van der Waals surface area contributed by atoms with Crippen LogP contribution in [0.15, 0.2) is 0 Å². The molecule has 3 nitrogen and oxygen atoms in total. The van der Waals surface area contributed by atoms with Crippen molar-refractivity contribution >= 4 is 5.97 Å². The molecule has 1 unspecified atom stereocenters. The van der Waals surface area contributed by atoms with Crippen LogP contribution < -0.4 is 5.73 Å². The number of hydrogen-bond acceptors (Lipinski definition) is 2. The molecule has 0 spiro atoms. The first-order valence-electron chi connectivity index (χ1n) is 5.36. The molecular formula is C10H16F3NO2. The molecule has 0 amide bonds. The minimum Gasteiger partial charge on any atom is -0.481 e. The molecule has 0 heterocycles. The number of carboxylic acids is 1. The Morgan fingerprint density at radius 2 is 1.75 bits per heavy atom. The highest BCUT2D eigenvalue weighted by atomic mass is 19.4. The Kier molecular flexibility index (Phi) is 3.83. The molecular weight excluding hydrogens is 223 g/mol. The van der Waals surface area contributed by atoms with E-state index in [2.05, 4.69) is 0 Å². The van der Waals surface area contributed by atoms with Gasteiger partial charge in [-0.2, -0.15) is 13.2 Å². The molecule has 0 saturated heterocycles. The van der Waals surface area contributed by atoms with E-state index in [9.17, 15) is 18.0 Å². The fraction of sp³-hybridized carbons (Fsp3) is 0.900. The average molecular weight is 239 g/mol. The standard InChI is InChI=1S/C10H16F3NO2/c11-10(12,13)9(6-14,8(15)16)7-4-2-1-3-5-7/h7H,1-6,14H2,(H,15,16). The van der Waals surface area contributed by atoms with E-state index in [1.54, 1.807) is 0 Å². The highest BCUT2D eigenvalue weighted by Gasteiger charge is 2.63. The molecule has 1 rings (SSSR count). The van der Waals surface area contributed by atoms with Gasteiger partial charge in [0.1, 0.15) is 0 Å². The van der Waals surface area contributed by atoms with Crippen LogP contribution in [0.5, 0.6) is 0 Å².